The van der Waals surface area contributed by atoms with E-state index in [1.807, 2.05) is 6.08 Å². The molecule has 0 amide bonds. The maximum absolute atomic E-state index is 11.4. The lowest BCUT2D eigenvalue weighted by atomic mass is 9.62. The van der Waals surface area contributed by atoms with Gasteiger partial charge in [-0.3, -0.25) is 4.79 Å². The van der Waals surface area contributed by atoms with Gasteiger partial charge in [0.1, 0.15) is 0 Å². The minimum absolute atomic E-state index is 0.207. The summed E-state index contributed by atoms with van der Waals surface area (Å²) < 4.78 is 0. The van der Waals surface area contributed by atoms with E-state index >= 15 is 0 Å². The number of carbonyl (C=O) groups is 1. The normalized spacial score (nSPS) is 37.2. The number of carbonyl (C=O) groups excluding carboxylic acids is 1. The fourth-order valence-electron chi connectivity index (χ4n) is 3.16. The van der Waals surface area contributed by atoms with E-state index in [2.05, 4.69) is 20.8 Å². The van der Waals surface area contributed by atoms with E-state index in [1.54, 1.807) is 0 Å². The van der Waals surface area contributed by atoms with Crippen LogP contribution < -0.4 is 0 Å². The van der Waals surface area contributed by atoms with Crippen LogP contribution in [-0.4, -0.2) is 5.78 Å². The second-order valence-corrected chi connectivity index (χ2v) is 5.50. The zero-order chi connectivity index (χ0) is 9.69. The Labute approximate surface area is 80.2 Å². The van der Waals surface area contributed by atoms with E-state index in [4.69, 9.17) is 0 Å². The first-order chi connectivity index (χ1) is 5.94. The summed E-state index contributed by atoms with van der Waals surface area (Å²) in [6.07, 6.45) is 6.38. The van der Waals surface area contributed by atoms with Crippen LogP contribution in [0.25, 0.3) is 0 Å². The molecule has 1 fully saturated rings. The minimum atomic E-state index is 0.207. The molecule has 0 aromatic heterocycles. The summed E-state index contributed by atoms with van der Waals surface area (Å²) in [4.78, 5) is 11.4. The van der Waals surface area contributed by atoms with Crippen LogP contribution >= 0.6 is 0 Å². The summed E-state index contributed by atoms with van der Waals surface area (Å²) in [5, 5.41) is 0. The zero-order valence-electron chi connectivity index (χ0n) is 8.81. The van der Waals surface area contributed by atoms with E-state index in [9.17, 15) is 4.79 Å². The summed E-state index contributed by atoms with van der Waals surface area (Å²) in [6, 6.07) is 0. The molecule has 1 heteroatoms. The van der Waals surface area contributed by atoms with Crippen molar-refractivity contribution in [3.63, 3.8) is 0 Å². The quantitative estimate of drug-likeness (QED) is 0.557. The third-order valence-electron chi connectivity index (χ3n) is 3.78. The van der Waals surface area contributed by atoms with Crippen molar-refractivity contribution in [3.05, 3.63) is 11.6 Å². The molecule has 0 unspecified atom stereocenters. The summed E-state index contributed by atoms with van der Waals surface area (Å²) in [5.41, 5.74) is 1.88. The van der Waals surface area contributed by atoms with E-state index in [1.165, 1.54) is 24.8 Å². The van der Waals surface area contributed by atoms with Crippen molar-refractivity contribution < 1.29 is 4.79 Å². The van der Waals surface area contributed by atoms with Gasteiger partial charge in [0.05, 0.1) is 0 Å². The molecule has 72 valence electrons. The molecule has 0 heterocycles. The zero-order valence-corrected chi connectivity index (χ0v) is 8.81. The van der Waals surface area contributed by atoms with Gasteiger partial charge in [0.25, 0.3) is 0 Å². The van der Waals surface area contributed by atoms with E-state index in [0.717, 1.165) is 6.42 Å². The second kappa shape index (κ2) is 2.46. The first kappa shape index (κ1) is 8.98. The molecule has 0 spiro atoms. The van der Waals surface area contributed by atoms with Crippen molar-refractivity contribution in [2.45, 2.75) is 46.5 Å². The van der Waals surface area contributed by atoms with Gasteiger partial charge in [-0.15, -0.1) is 0 Å². The van der Waals surface area contributed by atoms with E-state index in [-0.39, 0.29) is 10.8 Å². The summed E-state index contributed by atoms with van der Waals surface area (Å²) >= 11 is 0. The second-order valence-electron chi connectivity index (χ2n) is 5.50. The van der Waals surface area contributed by atoms with Crippen LogP contribution in [0.1, 0.15) is 46.5 Å². The van der Waals surface area contributed by atoms with Gasteiger partial charge in [-0.2, -0.15) is 0 Å². The van der Waals surface area contributed by atoms with Gasteiger partial charge < -0.3 is 0 Å². The molecule has 1 saturated carbocycles. The third kappa shape index (κ3) is 1.25. The Kier molecular flexibility index (Phi) is 1.70. The summed E-state index contributed by atoms with van der Waals surface area (Å²) in [6.45, 7) is 6.80. The fraction of sp³-hybridized carbons (Fsp3) is 0.750. The predicted octanol–water partition coefficient (Wildman–Crippen LogP) is 3.10. The molecule has 0 aromatic rings. The highest BCUT2D eigenvalue weighted by Crippen LogP contribution is 2.55. The Balaban J connectivity index is 2.42. The molecule has 0 radical (unpaired) electrons. The molecule has 0 N–H and O–H groups in total. The lowest BCUT2D eigenvalue weighted by Crippen LogP contribution is -2.31. The maximum Gasteiger partial charge on any atom is 0.156 e. The molecule has 2 rings (SSSR count). The largest absolute Gasteiger partial charge is 0.295 e. The Morgan fingerprint density at radius 2 is 1.92 bits per heavy atom. The molecule has 1 nitrogen and oxygen atoms in total. The van der Waals surface area contributed by atoms with Crippen molar-refractivity contribution in [2.24, 2.45) is 10.8 Å². The van der Waals surface area contributed by atoms with E-state index in [0.29, 0.717) is 5.78 Å². The van der Waals surface area contributed by atoms with Crippen molar-refractivity contribution in [2.75, 3.05) is 0 Å². The lowest BCUT2D eigenvalue weighted by molar-refractivity contribution is -0.115. The van der Waals surface area contributed by atoms with Crippen LogP contribution in [0.15, 0.2) is 11.6 Å². The first-order valence-corrected chi connectivity index (χ1v) is 5.20. The van der Waals surface area contributed by atoms with Gasteiger partial charge >= 0.3 is 0 Å². The lowest BCUT2D eigenvalue weighted by Gasteiger charge is -2.42. The van der Waals surface area contributed by atoms with Gasteiger partial charge in [-0.05, 0) is 29.7 Å². The van der Waals surface area contributed by atoms with Gasteiger partial charge in [-0.1, -0.05) is 32.8 Å². The summed E-state index contributed by atoms with van der Waals surface area (Å²) in [7, 11) is 0. The number of ketones is 1. The van der Waals surface area contributed by atoms with Gasteiger partial charge in [0, 0.05) is 6.42 Å². The van der Waals surface area contributed by atoms with Crippen molar-refractivity contribution >= 4 is 5.78 Å². The third-order valence-corrected chi connectivity index (χ3v) is 3.78. The Hall–Kier alpha value is -0.590. The van der Waals surface area contributed by atoms with Gasteiger partial charge in [0.15, 0.2) is 5.78 Å². The molecule has 0 aliphatic heterocycles. The molecular weight excluding hydrogens is 160 g/mol. The molecule has 0 saturated heterocycles. The first-order valence-electron chi connectivity index (χ1n) is 5.20. The molecule has 1 atom stereocenters. The number of hydrogen-bond donors (Lipinski definition) is 0. The monoisotopic (exact) mass is 178 g/mol. The van der Waals surface area contributed by atoms with Crippen LogP contribution in [0.3, 0.4) is 0 Å². The number of hydrogen-bond acceptors (Lipinski definition) is 1. The SMILES string of the molecule is CC1(C)CCC[C@]2(C)CC(=O)C=C12. The average molecular weight is 178 g/mol. The van der Waals surface area contributed by atoms with Crippen molar-refractivity contribution in [1.82, 2.24) is 0 Å². The van der Waals surface area contributed by atoms with Crippen LogP contribution in [0.4, 0.5) is 0 Å². The van der Waals surface area contributed by atoms with Gasteiger partial charge in [0.2, 0.25) is 0 Å². The van der Waals surface area contributed by atoms with Crippen LogP contribution in [0.2, 0.25) is 0 Å². The molecule has 2 aliphatic rings. The number of allylic oxidation sites excluding steroid dienone is 2. The fourth-order valence-corrected chi connectivity index (χ4v) is 3.16. The Bertz CT molecular complexity index is 285. The number of rotatable bonds is 0. The topological polar surface area (TPSA) is 17.1 Å². The summed E-state index contributed by atoms with van der Waals surface area (Å²) in [5.74, 6) is 0.340. The highest BCUT2D eigenvalue weighted by molar-refractivity contribution is 5.94. The highest BCUT2D eigenvalue weighted by Gasteiger charge is 2.45. The molecule has 0 aromatic carbocycles. The minimum Gasteiger partial charge on any atom is -0.295 e. The predicted molar refractivity (Wildman–Crippen MR) is 53.4 cm³/mol. The van der Waals surface area contributed by atoms with Crippen LogP contribution in [0, 0.1) is 10.8 Å². The molecular formula is C12H18O. The Morgan fingerprint density at radius 3 is 2.54 bits per heavy atom. The Morgan fingerprint density at radius 1 is 1.23 bits per heavy atom. The average Bonchev–Trinajstić information content (AvgIpc) is 2.25. The number of fused-ring (bicyclic) bond motifs is 1. The highest BCUT2D eigenvalue weighted by atomic mass is 16.1. The standard InChI is InChI=1S/C12H18O/c1-11(2)5-4-6-12(3)8-9(13)7-10(11)12/h7H,4-6,8H2,1-3H3/t12-/m1/s1. The maximum atomic E-state index is 11.4. The van der Waals surface area contributed by atoms with E-state index < -0.39 is 0 Å². The molecule has 13 heavy (non-hydrogen) atoms. The smallest absolute Gasteiger partial charge is 0.156 e. The molecule has 2 aliphatic carbocycles. The van der Waals surface area contributed by atoms with Gasteiger partial charge in [-0.25, -0.2) is 0 Å². The van der Waals surface area contributed by atoms with Crippen molar-refractivity contribution in [1.29, 1.82) is 0 Å². The van der Waals surface area contributed by atoms with Crippen LogP contribution in [-0.2, 0) is 4.79 Å². The molecule has 0 bridgehead atoms. The van der Waals surface area contributed by atoms with Crippen LogP contribution in [0.5, 0.6) is 0 Å². The van der Waals surface area contributed by atoms with Crippen molar-refractivity contribution in [3.8, 4) is 0 Å².